The van der Waals surface area contributed by atoms with Crippen LogP contribution in [0.5, 0.6) is 5.75 Å². The van der Waals surface area contributed by atoms with Gasteiger partial charge < -0.3 is 19.8 Å². The molecule has 116 valence electrons. The fourth-order valence-corrected chi connectivity index (χ4v) is 2.50. The van der Waals surface area contributed by atoms with Gasteiger partial charge in [0.1, 0.15) is 19.0 Å². The largest absolute Gasteiger partial charge is 0.491 e. The summed E-state index contributed by atoms with van der Waals surface area (Å²) in [5, 5.41) is 5.42. The van der Waals surface area contributed by atoms with Crippen LogP contribution in [0.2, 0.25) is 0 Å². The van der Waals surface area contributed by atoms with Gasteiger partial charge in [0.15, 0.2) is 0 Å². The maximum Gasteiger partial charge on any atom is 0.120 e. The quantitative estimate of drug-likeness (QED) is 0.654. The van der Waals surface area contributed by atoms with Crippen molar-refractivity contribution >= 4 is 27.5 Å². The lowest BCUT2D eigenvalue weighted by atomic mass is 10.1. The number of ether oxygens (including phenoxy) is 2. The van der Waals surface area contributed by atoms with Gasteiger partial charge in [-0.15, -0.1) is 0 Å². The zero-order chi connectivity index (χ0) is 15.4. The van der Waals surface area contributed by atoms with E-state index in [4.69, 9.17) is 9.47 Å². The minimum atomic E-state index is -0.463. The lowest BCUT2D eigenvalue weighted by molar-refractivity contribution is 0.0897. The summed E-state index contributed by atoms with van der Waals surface area (Å²) in [6.45, 7) is 0.460. The van der Waals surface area contributed by atoms with Crippen molar-refractivity contribution in [3.63, 3.8) is 0 Å². The first-order chi connectivity index (χ1) is 10.8. The Labute approximate surface area is 128 Å². The number of fused-ring (bicyclic) bond motifs is 3. The summed E-state index contributed by atoms with van der Waals surface area (Å²) in [5.74, 6) is 0.784. The second-order valence-corrected chi connectivity index (χ2v) is 4.99. The highest BCUT2D eigenvalue weighted by molar-refractivity contribution is 6.08. The average Bonchev–Trinajstić information content (AvgIpc) is 2.91. The predicted molar refractivity (Wildman–Crippen MR) is 87.6 cm³/mol. The maximum absolute atomic E-state index is 11.9. The number of nitrogens with one attached hydrogen (secondary N) is 2. The summed E-state index contributed by atoms with van der Waals surface area (Å²) in [6, 6.07) is 12.2. The predicted octanol–water partition coefficient (Wildman–Crippen LogP) is 3.73. The lowest BCUT2D eigenvalue weighted by Gasteiger charge is -2.06. The summed E-state index contributed by atoms with van der Waals surface area (Å²) in [7, 11) is 1.90. The first-order valence-electron chi connectivity index (χ1n) is 7.31. The Balaban J connectivity index is 1.83. The van der Waals surface area contributed by atoms with Crippen molar-refractivity contribution in [2.24, 2.45) is 0 Å². The molecule has 0 saturated carbocycles. The van der Waals surface area contributed by atoms with E-state index in [9.17, 15) is 4.39 Å². The molecular formula is C17H19FN2O2. The third-order valence-electron chi connectivity index (χ3n) is 3.58. The van der Waals surface area contributed by atoms with E-state index in [0.29, 0.717) is 13.2 Å². The standard InChI is InChI=1S/C17H19FN2O2/c1-19-12-2-4-16-14(10-12)15-11-13(3-5-17(15)20-16)22-9-8-21-7-6-18/h2-5,10-11,19-20H,6-9H2,1H3. The van der Waals surface area contributed by atoms with E-state index in [-0.39, 0.29) is 6.61 Å². The Morgan fingerprint density at radius 2 is 1.77 bits per heavy atom. The fraction of sp³-hybridized carbons (Fsp3) is 0.294. The van der Waals surface area contributed by atoms with Crippen LogP contribution >= 0.6 is 0 Å². The molecule has 5 heteroatoms. The number of halogens is 1. The molecule has 3 rings (SSSR count). The second-order valence-electron chi connectivity index (χ2n) is 4.99. The number of hydrogen-bond acceptors (Lipinski definition) is 3. The van der Waals surface area contributed by atoms with Crippen molar-refractivity contribution in [3.8, 4) is 5.75 Å². The maximum atomic E-state index is 11.9. The molecule has 0 saturated heterocycles. The van der Waals surface area contributed by atoms with Gasteiger partial charge in [0.2, 0.25) is 0 Å². The van der Waals surface area contributed by atoms with Crippen molar-refractivity contribution in [2.45, 2.75) is 0 Å². The third-order valence-corrected chi connectivity index (χ3v) is 3.58. The van der Waals surface area contributed by atoms with Crippen LogP contribution < -0.4 is 10.1 Å². The average molecular weight is 302 g/mol. The monoisotopic (exact) mass is 302 g/mol. The minimum Gasteiger partial charge on any atom is -0.491 e. The zero-order valence-corrected chi connectivity index (χ0v) is 12.5. The SMILES string of the molecule is CNc1ccc2[nH]c3ccc(OCCOCCF)cc3c2c1. The summed E-state index contributed by atoms with van der Waals surface area (Å²) in [5.41, 5.74) is 3.24. The fourth-order valence-electron chi connectivity index (χ4n) is 2.50. The van der Waals surface area contributed by atoms with Crippen LogP contribution in [-0.2, 0) is 4.74 Å². The number of anilines is 1. The van der Waals surface area contributed by atoms with Crippen LogP contribution in [0, 0.1) is 0 Å². The van der Waals surface area contributed by atoms with Gasteiger partial charge in [-0.3, -0.25) is 0 Å². The Bertz CT molecular complexity index is 770. The van der Waals surface area contributed by atoms with Crippen LogP contribution in [0.1, 0.15) is 0 Å². The van der Waals surface area contributed by atoms with Gasteiger partial charge in [0.25, 0.3) is 0 Å². The van der Waals surface area contributed by atoms with Gasteiger partial charge >= 0.3 is 0 Å². The Kier molecular flexibility index (Phi) is 4.44. The smallest absolute Gasteiger partial charge is 0.120 e. The van der Waals surface area contributed by atoms with Crippen molar-refractivity contribution in [3.05, 3.63) is 36.4 Å². The topological polar surface area (TPSA) is 46.3 Å². The van der Waals surface area contributed by atoms with Gasteiger partial charge in [-0.2, -0.15) is 0 Å². The van der Waals surface area contributed by atoms with E-state index in [0.717, 1.165) is 33.2 Å². The zero-order valence-electron chi connectivity index (χ0n) is 12.5. The molecular weight excluding hydrogens is 283 g/mol. The van der Waals surface area contributed by atoms with Gasteiger partial charge in [0.05, 0.1) is 13.2 Å². The summed E-state index contributed by atoms with van der Waals surface area (Å²) >= 11 is 0. The van der Waals surface area contributed by atoms with Crippen molar-refractivity contribution < 1.29 is 13.9 Å². The summed E-state index contributed by atoms with van der Waals surface area (Å²) in [4.78, 5) is 3.39. The number of H-pyrrole nitrogens is 1. The van der Waals surface area contributed by atoms with Crippen molar-refractivity contribution in [1.82, 2.24) is 4.98 Å². The molecule has 0 radical (unpaired) electrons. The number of aromatic amines is 1. The number of benzene rings is 2. The molecule has 0 aliphatic rings. The first kappa shape index (κ1) is 14.7. The van der Waals surface area contributed by atoms with Crippen LogP contribution in [0.15, 0.2) is 36.4 Å². The number of alkyl halides is 1. The molecule has 0 unspecified atom stereocenters. The molecule has 0 aliphatic carbocycles. The highest BCUT2D eigenvalue weighted by Crippen LogP contribution is 2.30. The summed E-state index contributed by atoms with van der Waals surface area (Å²) < 4.78 is 22.6. The lowest BCUT2D eigenvalue weighted by Crippen LogP contribution is -2.08. The van der Waals surface area contributed by atoms with Crippen LogP contribution in [0.4, 0.5) is 10.1 Å². The molecule has 0 fully saturated rings. The van der Waals surface area contributed by atoms with E-state index in [1.165, 1.54) is 0 Å². The van der Waals surface area contributed by atoms with Gasteiger partial charge in [0, 0.05) is 34.5 Å². The minimum absolute atomic E-state index is 0.123. The van der Waals surface area contributed by atoms with Crippen molar-refractivity contribution in [1.29, 1.82) is 0 Å². The number of aromatic nitrogens is 1. The van der Waals surface area contributed by atoms with Gasteiger partial charge in [-0.1, -0.05) is 0 Å². The third kappa shape index (κ3) is 2.99. The number of hydrogen-bond donors (Lipinski definition) is 2. The Morgan fingerprint density at radius 1 is 1.00 bits per heavy atom. The molecule has 4 nitrogen and oxygen atoms in total. The normalized spacial score (nSPS) is 11.2. The molecule has 0 bridgehead atoms. The Morgan fingerprint density at radius 3 is 2.55 bits per heavy atom. The van der Waals surface area contributed by atoms with E-state index in [2.05, 4.69) is 22.4 Å². The molecule has 3 aromatic rings. The first-order valence-corrected chi connectivity index (χ1v) is 7.31. The molecule has 1 heterocycles. The molecule has 0 spiro atoms. The van der Waals surface area contributed by atoms with Crippen molar-refractivity contribution in [2.75, 3.05) is 38.9 Å². The van der Waals surface area contributed by atoms with E-state index in [1.807, 2.05) is 31.3 Å². The molecule has 22 heavy (non-hydrogen) atoms. The van der Waals surface area contributed by atoms with Crippen LogP contribution in [-0.4, -0.2) is 38.5 Å². The number of rotatable bonds is 7. The molecule has 2 aromatic carbocycles. The molecule has 0 atom stereocenters. The highest BCUT2D eigenvalue weighted by atomic mass is 19.1. The van der Waals surface area contributed by atoms with E-state index >= 15 is 0 Å². The second kappa shape index (κ2) is 6.66. The highest BCUT2D eigenvalue weighted by Gasteiger charge is 2.06. The molecule has 1 aromatic heterocycles. The molecule has 0 amide bonds. The summed E-state index contributed by atoms with van der Waals surface area (Å²) in [6.07, 6.45) is 0. The van der Waals surface area contributed by atoms with Crippen LogP contribution in [0.25, 0.3) is 21.8 Å². The van der Waals surface area contributed by atoms with E-state index in [1.54, 1.807) is 0 Å². The van der Waals surface area contributed by atoms with E-state index < -0.39 is 6.67 Å². The Hall–Kier alpha value is -2.27. The molecule has 2 N–H and O–H groups in total. The van der Waals surface area contributed by atoms with Crippen LogP contribution in [0.3, 0.4) is 0 Å². The van der Waals surface area contributed by atoms with Gasteiger partial charge in [-0.25, -0.2) is 4.39 Å². The van der Waals surface area contributed by atoms with Gasteiger partial charge in [-0.05, 0) is 36.4 Å². The molecule has 0 aliphatic heterocycles.